The molecule has 2 aromatic rings. The van der Waals surface area contributed by atoms with Crippen LogP contribution >= 0.6 is 11.3 Å². The summed E-state index contributed by atoms with van der Waals surface area (Å²) in [6.07, 6.45) is 1.57. The molecule has 0 radical (unpaired) electrons. The smallest absolute Gasteiger partial charge is 0.257 e. The van der Waals surface area contributed by atoms with Crippen molar-refractivity contribution in [2.75, 3.05) is 11.9 Å². The van der Waals surface area contributed by atoms with Gasteiger partial charge in [0.1, 0.15) is 6.04 Å². The molecule has 1 unspecified atom stereocenters. The number of aromatic nitrogens is 1. The molecule has 1 aliphatic heterocycles. The number of amides is 3. The Labute approximate surface area is 148 Å². The normalized spacial score (nSPS) is 16.8. The largest absolute Gasteiger partial charge is 0.354 e. The Balaban J connectivity index is 1.53. The van der Waals surface area contributed by atoms with Gasteiger partial charge in [0.15, 0.2) is 5.13 Å². The fraction of sp³-hybridized carbons (Fsp3) is 0.294. The summed E-state index contributed by atoms with van der Waals surface area (Å²) in [5.41, 5.74) is 1.10. The lowest BCUT2D eigenvalue weighted by atomic mass is 10.1. The van der Waals surface area contributed by atoms with Crippen molar-refractivity contribution in [1.29, 1.82) is 0 Å². The number of rotatable bonds is 5. The Morgan fingerprint density at radius 2 is 2.08 bits per heavy atom. The van der Waals surface area contributed by atoms with Gasteiger partial charge < -0.3 is 10.6 Å². The first-order chi connectivity index (χ1) is 12.1. The minimum atomic E-state index is -0.475. The van der Waals surface area contributed by atoms with Crippen LogP contribution in [0.2, 0.25) is 0 Å². The molecule has 2 heterocycles. The first-order valence-corrected chi connectivity index (χ1v) is 8.87. The van der Waals surface area contributed by atoms with Crippen molar-refractivity contribution in [3.8, 4) is 0 Å². The standard InChI is InChI=1S/C17H18N4O3S/c22-14(20-13-7-4-8-18-16(13)24)9-12-10-25-17(19-12)21-15(23)11-5-2-1-3-6-11/h1-3,5-6,10,13H,4,7-9H2,(H,18,24)(H,20,22)(H,19,21,23). The van der Waals surface area contributed by atoms with Crippen LogP contribution in [-0.2, 0) is 16.0 Å². The molecule has 25 heavy (non-hydrogen) atoms. The fourth-order valence-electron chi connectivity index (χ4n) is 2.52. The molecule has 0 spiro atoms. The Morgan fingerprint density at radius 1 is 1.28 bits per heavy atom. The lowest BCUT2D eigenvalue weighted by Crippen LogP contribution is -2.50. The molecule has 1 saturated heterocycles. The maximum atomic E-state index is 12.1. The molecule has 0 bridgehead atoms. The predicted octanol–water partition coefficient (Wildman–Crippen LogP) is 1.33. The third-order valence-electron chi connectivity index (χ3n) is 3.77. The summed E-state index contributed by atoms with van der Waals surface area (Å²) in [7, 11) is 0. The van der Waals surface area contributed by atoms with Crippen LogP contribution in [0.4, 0.5) is 5.13 Å². The lowest BCUT2D eigenvalue weighted by Gasteiger charge is -2.22. The molecule has 8 heteroatoms. The van der Waals surface area contributed by atoms with Crippen LogP contribution in [0.25, 0.3) is 0 Å². The third-order valence-corrected chi connectivity index (χ3v) is 4.58. The van der Waals surface area contributed by atoms with E-state index in [4.69, 9.17) is 0 Å². The van der Waals surface area contributed by atoms with Crippen molar-refractivity contribution < 1.29 is 14.4 Å². The highest BCUT2D eigenvalue weighted by molar-refractivity contribution is 7.14. The van der Waals surface area contributed by atoms with Crippen molar-refractivity contribution >= 4 is 34.2 Å². The fourth-order valence-corrected chi connectivity index (χ4v) is 3.23. The summed E-state index contributed by atoms with van der Waals surface area (Å²) in [5, 5.41) is 10.3. The second-order valence-electron chi connectivity index (χ2n) is 5.69. The van der Waals surface area contributed by atoms with Gasteiger partial charge in [0, 0.05) is 17.5 Å². The number of piperidine rings is 1. The molecule has 1 aromatic heterocycles. The average molecular weight is 358 g/mol. The van der Waals surface area contributed by atoms with Crippen LogP contribution in [0.15, 0.2) is 35.7 Å². The van der Waals surface area contributed by atoms with Gasteiger partial charge in [-0.3, -0.25) is 19.7 Å². The van der Waals surface area contributed by atoms with Crippen molar-refractivity contribution in [3.63, 3.8) is 0 Å². The van der Waals surface area contributed by atoms with Crippen molar-refractivity contribution in [1.82, 2.24) is 15.6 Å². The monoisotopic (exact) mass is 358 g/mol. The maximum Gasteiger partial charge on any atom is 0.257 e. The van der Waals surface area contributed by atoms with Gasteiger partial charge in [-0.05, 0) is 25.0 Å². The summed E-state index contributed by atoms with van der Waals surface area (Å²) in [5.74, 6) is -0.646. The van der Waals surface area contributed by atoms with E-state index in [0.29, 0.717) is 29.4 Å². The van der Waals surface area contributed by atoms with E-state index < -0.39 is 6.04 Å². The SMILES string of the molecule is O=C(Cc1csc(NC(=O)c2ccccc2)n1)NC1CCCNC1=O. The molecule has 3 amide bonds. The van der Waals surface area contributed by atoms with Gasteiger partial charge in [0.2, 0.25) is 11.8 Å². The number of nitrogens with zero attached hydrogens (tertiary/aromatic N) is 1. The van der Waals surface area contributed by atoms with Crippen LogP contribution in [0.3, 0.4) is 0 Å². The molecular formula is C17H18N4O3S. The predicted molar refractivity (Wildman–Crippen MR) is 94.4 cm³/mol. The summed E-state index contributed by atoms with van der Waals surface area (Å²) >= 11 is 1.26. The zero-order valence-corrected chi connectivity index (χ0v) is 14.3. The molecule has 3 N–H and O–H groups in total. The topological polar surface area (TPSA) is 100 Å². The Morgan fingerprint density at radius 3 is 2.84 bits per heavy atom. The van der Waals surface area contributed by atoms with Crippen LogP contribution in [0, 0.1) is 0 Å². The highest BCUT2D eigenvalue weighted by atomic mass is 32.1. The van der Waals surface area contributed by atoms with Crippen molar-refractivity contribution in [2.45, 2.75) is 25.3 Å². The Hall–Kier alpha value is -2.74. The van der Waals surface area contributed by atoms with Gasteiger partial charge >= 0.3 is 0 Å². The van der Waals surface area contributed by atoms with E-state index in [-0.39, 0.29) is 24.1 Å². The molecule has 0 saturated carbocycles. The molecule has 3 rings (SSSR count). The zero-order chi connectivity index (χ0) is 17.6. The van der Waals surface area contributed by atoms with Gasteiger partial charge in [0.05, 0.1) is 12.1 Å². The maximum absolute atomic E-state index is 12.1. The molecule has 1 aliphatic rings. The van der Waals surface area contributed by atoms with Gasteiger partial charge in [-0.1, -0.05) is 18.2 Å². The van der Waals surface area contributed by atoms with Crippen LogP contribution < -0.4 is 16.0 Å². The van der Waals surface area contributed by atoms with E-state index in [1.165, 1.54) is 11.3 Å². The second kappa shape index (κ2) is 7.89. The van der Waals surface area contributed by atoms with E-state index in [0.717, 1.165) is 6.42 Å². The highest BCUT2D eigenvalue weighted by Crippen LogP contribution is 2.17. The molecule has 0 aliphatic carbocycles. The van der Waals surface area contributed by atoms with E-state index in [9.17, 15) is 14.4 Å². The third kappa shape index (κ3) is 4.63. The van der Waals surface area contributed by atoms with Gasteiger partial charge in [0.25, 0.3) is 5.91 Å². The molecule has 1 aromatic carbocycles. The van der Waals surface area contributed by atoms with E-state index >= 15 is 0 Å². The number of thiazole rings is 1. The quantitative estimate of drug-likeness (QED) is 0.751. The number of hydrogen-bond acceptors (Lipinski definition) is 5. The molecule has 1 fully saturated rings. The number of hydrogen-bond donors (Lipinski definition) is 3. The highest BCUT2D eigenvalue weighted by Gasteiger charge is 2.23. The van der Waals surface area contributed by atoms with E-state index in [1.807, 2.05) is 6.07 Å². The minimum Gasteiger partial charge on any atom is -0.354 e. The number of benzene rings is 1. The summed E-state index contributed by atoms with van der Waals surface area (Å²) in [6, 6.07) is 8.36. The van der Waals surface area contributed by atoms with Gasteiger partial charge in [-0.2, -0.15) is 0 Å². The number of nitrogens with one attached hydrogen (secondary N) is 3. The summed E-state index contributed by atoms with van der Waals surface area (Å²) < 4.78 is 0. The second-order valence-corrected chi connectivity index (χ2v) is 6.55. The van der Waals surface area contributed by atoms with Crippen molar-refractivity contribution in [3.05, 3.63) is 47.0 Å². The molecule has 7 nitrogen and oxygen atoms in total. The average Bonchev–Trinajstić information content (AvgIpc) is 3.04. The Kier molecular flexibility index (Phi) is 5.39. The van der Waals surface area contributed by atoms with Gasteiger partial charge in [-0.15, -0.1) is 11.3 Å². The van der Waals surface area contributed by atoms with Crippen LogP contribution in [0.5, 0.6) is 0 Å². The van der Waals surface area contributed by atoms with Crippen molar-refractivity contribution in [2.24, 2.45) is 0 Å². The number of carbonyl (C=O) groups excluding carboxylic acids is 3. The lowest BCUT2D eigenvalue weighted by molar-refractivity contribution is -0.129. The van der Waals surface area contributed by atoms with Gasteiger partial charge in [-0.25, -0.2) is 4.98 Å². The summed E-state index contributed by atoms with van der Waals surface area (Å²) in [6.45, 7) is 0.655. The molecular weight excluding hydrogens is 340 g/mol. The first-order valence-electron chi connectivity index (χ1n) is 8.00. The zero-order valence-electron chi connectivity index (χ0n) is 13.5. The summed E-state index contributed by atoms with van der Waals surface area (Å²) in [4.78, 5) is 40.0. The van der Waals surface area contributed by atoms with E-state index in [2.05, 4.69) is 20.9 Å². The first kappa shape index (κ1) is 17.1. The number of carbonyl (C=O) groups is 3. The Bertz CT molecular complexity index is 775. The number of anilines is 1. The van der Waals surface area contributed by atoms with E-state index in [1.54, 1.807) is 29.6 Å². The van der Waals surface area contributed by atoms with Crippen LogP contribution in [-0.4, -0.2) is 35.3 Å². The molecule has 130 valence electrons. The van der Waals surface area contributed by atoms with Crippen LogP contribution in [0.1, 0.15) is 28.9 Å². The molecule has 1 atom stereocenters. The minimum absolute atomic E-state index is 0.0709.